The molecule has 0 saturated heterocycles. The molecular formula is C11H13IN2S. The van der Waals surface area contributed by atoms with Gasteiger partial charge >= 0.3 is 0 Å². The fourth-order valence-electron chi connectivity index (χ4n) is 2.04. The van der Waals surface area contributed by atoms with Gasteiger partial charge in [-0.1, -0.05) is 0 Å². The van der Waals surface area contributed by atoms with Crippen molar-refractivity contribution < 1.29 is 0 Å². The fraction of sp³-hybridized carbons (Fsp3) is 0.545. The molecule has 15 heavy (non-hydrogen) atoms. The molecule has 0 spiro atoms. The Bertz CT molecular complexity index is 380. The van der Waals surface area contributed by atoms with Crippen molar-refractivity contribution in [1.82, 2.24) is 5.32 Å². The van der Waals surface area contributed by atoms with Gasteiger partial charge < -0.3 is 5.32 Å². The molecule has 1 aromatic heterocycles. The number of hydrogen-bond acceptors (Lipinski definition) is 3. The Morgan fingerprint density at radius 3 is 3.33 bits per heavy atom. The van der Waals surface area contributed by atoms with E-state index < -0.39 is 0 Å². The third kappa shape index (κ3) is 2.71. The molecule has 0 radical (unpaired) electrons. The van der Waals surface area contributed by atoms with Crippen LogP contribution in [0.2, 0.25) is 0 Å². The van der Waals surface area contributed by atoms with Crippen molar-refractivity contribution in [1.29, 1.82) is 5.26 Å². The monoisotopic (exact) mass is 332 g/mol. The maximum atomic E-state index is 8.51. The molecule has 2 nitrogen and oxygen atoms in total. The highest BCUT2D eigenvalue weighted by atomic mass is 127. The van der Waals surface area contributed by atoms with Crippen LogP contribution in [-0.2, 0) is 6.42 Å². The third-order valence-electron chi connectivity index (χ3n) is 2.71. The van der Waals surface area contributed by atoms with Crippen molar-refractivity contribution in [2.45, 2.75) is 31.7 Å². The summed E-state index contributed by atoms with van der Waals surface area (Å²) in [6.07, 6.45) is 4.32. The second-order valence-corrected chi connectivity index (χ2v) is 6.77. The minimum atomic E-state index is 0.488. The molecule has 1 aromatic rings. The fourth-order valence-corrected chi connectivity index (χ4v) is 4.16. The molecule has 1 aliphatic carbocycles. The van der Waals surface area contributed by atoms with E-state index in [9.17, 15) is 0 Å². The van der Waals surface area contributed by atoms with Crippen molar-refractivity contribution in [3.63, 3.8) is 0 Å². The largest absolute Gasteiger partial charge is 0.309 e. The van der Waals surface area contributed by atoms with E-state index in [0.29, 0.717) is 12.5 Å². The lowest BCUT2D eigenvalue weighted by molar-refractivity contribution is 0.469. The highest BCUT2D eigenvalue weighted by Gasteiger charge is 2.21. The van der Waals surface area contributed by atoms with Gasteiger partial charge in [0.05, 0.1) is 8.95 Å². The molecule has 1 unspecified atom stereocenters. The van der Waals surface area contributed by atoms with E-state index in [1.165, 1.54) is 27.7 Å². The van der Waals surface area contributed by atoms with E-state index in [-0.39, 0.29) is 0 Å². The molecule has 1 heterocycles. The molecule has 2 rings (SSSR count). The van der Waals surface area contributed by atoms with E-state index in [1.807, 2.05) is 11.3 Å². The highest BCUT2D eigenvalue weighted by molar-refractivity contribution is 14.1. The Balaban J connectivity index is 2.05. The van der Waals surface area contributed by atoms with E-state index in [0.717, 1.165) is 6.54 Å². The van der Waals surface area contributed by atoms with Gasteiger partial charge in [0.25, 0.3) is 0 Å². The molecule has 80 valence electrons. The number of hydrogen-bond donors (Lipinski definition) is 1. The van der Waals surface area contributed by atoms with Crippen LogP contribution in [0.3, 0.4) is 0 Å². The number of nitrogens with zero attached hydrogens (tertiary/aromatic N) is 1. The lowest BCUT2D eigenvalue weighted by Crippen LogP contribution is -2.24. The predicted octanol–water partition coefficient (Wildman–Crippen LogP) is 3.23. The van der Waals surface area contributed by atoms with Gasteiger partial charge in [-0.15, -0.1) is 11.3 Å². The van der Waals surface area contributed by atoms with Gasteiger partial charge in [0.15, 0.2) is 0 Å². The molecule has 0 saturated carbocycles. The van der Waals surface area contributed by atoms with E-state index in [4.69, 9.17) is 5.26 Å². The SMILES string of the molecule is N#CCCNC1CCCc2sc(I)cc21. The molecule has 4 heteroatoms. The zero-order valence-electron chi connectivity index (χ0n) is 8.42. The standard InChI is InChI=1S/C11H13IN2S/c12-11-7-8-9(14-6-2-5-13)3-1-4-10(8)15-11/h7,9,14H,1-4,6H2. The summed E-state index contributed by atoms with van der Waals surface area (Å²) >= 11 is 4.31. The second kappa shape index (κ2) is 5.28. The van der Waals surface area contributed by atoms with Gasteiger partial charge in [-0.3, -0.25) is 0 Å². The molecule has 0 bridgehead atoms. The summed E-state index contributed by atoms with van der Waals surface area (Å²) in [4.78, 5) is 1.54. The Hall–Kier alpha value is -0.120. The summed E-state index contributed by atoms with van der Waals surface area (Å²) in [7, 11) is 0. The maximum Gasteiger partial charge on any atom is 0.0659 e. The first-order valence-electron chi connectivity index (χ1n) is 5.19. The van der Waals surface area contributed by atoms with Crippen LogP contribution >= 0.6 is 33.9 Å². The number of thiophene rings is 1. The Morgan fingerprint density at radius 1 is 1.67 bits per heavy atom. The van der Waals surface area contributed by atoms with Gasteiger partial charge in [0.2, 0.25) is 0 Å². The van der Waals surface area contributed by atoms with Crippen LogP contribution < -0.4 is 5.32 Å². The highest BCUT2D eigenvalue weighted by Crippen LogP contribution is 2.36. The summed E-state index contributed by atoms with van der Waals surface area (Å²) in [6.45, 7) is 0.813. The average Bonchev–Trinajstić information content (AvgIpc) is 2.59. The predicted molar refractivity (Wildman–Crippen MR) is 70.9 cm³/mol. The minimum Gasteiger partial charge on any atom is -0.309 e. The van der Waals surface area contributed by atoms with Crippen LogP contribution in [0.5, 0.6) is 0 Å². The normalized spacial score (nSPS) is 19.6. The summed E-state index contributed by atoms with van der Waals surface area (Å²) in [5.74, 6) is 0. The zero-order valence-corrected chi connectivity index (χ0v) is 11.4. The Labute approximate surface area is 108 Å². The van der Waals surface area contributed by atoms with Gasteiger partial charge in [-0.2, -0.15) is 5.26 Å². The summed E-state index contributed by atoms with van der Waals surface area (Å²) in [6, 6.07) is 4.96. The van der Waals surface area contributed by atoms with Gasteiger partial charge in [0.1, 0.15) is 0 Å². The first-order valence-corrected chi connectivity index (χ1v) is 7.09. The van der Waals surface area contributed by atoms with E-state index in [2.05, 4.69) is 40.0 Å². The first kappa shape index (κ1) is 11.4. The number of fused-ring (bicyclic) bond motifs is 1. The summed E-state index contributed by atoms with van der Waals surface area (Å²) < 4.78 is 1.38. The molecule has 0 fully saturated rings. The Morgan fingerprint density at radius 2 is 2.53 bits per heavy atom. The van der Waals surface area contributed by atoms with Crippen LogP contribution in [0.1, 0.15) is 35.7 Å². The van der Waals surface area contributed by atoms with Crippen molar-refractivity contribution in [3.05, 3.63) is 19.4 Å². The van der Waals surface area contributed by atoms with Crippen molar-refractivity contribution in [2.75, 3.05) is 6.54 Å². The summed E-state index contributed by atoms with van der Waals surface area (Å²) in [5.41, 5.74) is 1.48. The third-order valence-corrected chi connectivity index (χ3v) is 4.68. The van der Waals surface area contributed by atoms with Crippen LogP contribution in [-0.4, -0.2) is 6.54 Å². The summed E-state index contributed by atoms with van der Waals surface area (Å²) in [5, 5.41) is 12.0. The molecule has 0 aliphatic heterocycles. The van der Waals surface area contributed by atoms with Crippen LogP contribution in [0.15, 0.2) is 6.07 Å². The van der Waals surface area contributed by atoms with Crippen LogP contribution in [0.25, 0.3) is 0 Å². The molecule has 0 aromatic carbocycles. The molecular weight excluding hydrogens is 319 g/mol. The number of nitrogens with one attached hydrogen (secondary N) is 1. The lowest BCUT2D eigenvalue weighted by atomic mass is 9.94. The number of halogens is 1. The second-order valence-electron chi connectivity index (χ2n) is 3.74. The molecule has 1 aliphatic rings. The van der Waals surface area contributed by atoms with Crippen molar-refractivity contribution >= 4 is 33.9 Å². The van der Waals surface area contributed by atoms with Gasteiger partial charge in [-0.25, -0.2) is 0 Å². The zero-order chi connectivity index (χ0) is 10.7. The number of aryl methyl sites for hydroxylation is 1. The first-order chi connectivity index (χ1) is 7.31. The lowest BCUT2D eigenvalue weighted by Gasteiger charge is -2.23. The molecule has 1 N–H and O–H groups in total. The molecule has 1 atom stereocenters. The van der Waals surface area contributed by atoms with E-state index in [1.54, 1.807) is 4.88 Å². The van der Waals surface area contributed by atoms with Crippen LogP contribution in [0.4, 0.5) is 0 Å². The van der Waals surface area contributed by atoms with Crippen LogP contribution in [0, 0.1) is 14.2 Å². The Kier molecular flexibility index (Phi) is 4.00. The minimum absolute atomic E-state index is 0.488. The quantitative estimate of drug-likeness (QED) is 0.681. The topological polar surface area (TPSA) is 35.8 Å². The smallest absolute Gasteiger partial charge is 0.0659 e. The molecule has 0 amide bonds. The number of rotatable bonds is 3. The van der Waals surface area contributed by atoms with Gasteiger partial charge in [-0.05, 0) is 53.5 Å². The average molecular weight is 332 g/mol. The number of nitriles is 1. The van der Waals surface area contributed by atoms with Crippen molar-refractivity contribution in [3.8, 4) is 6.07 Å². The van der Waals surface area contributed by atoms with Gasteiger partial charge in [0, 0.05) is 23.9 Å². The van der Waals surface area contributed by atoms with E-state index >= 15 is 0 Å². The van der Waals surface area contributed by atoms with Crippen molar-refractivity contribution in [2.24, 2.45) is 0 Å². The maximum absolute atomic E-state index is 8.51.